The summed E-state index contributed by atoms with van der Waals surface area (Å²) in [6.45, 7) is 1.00. The van der Waals surface area contributed by atoms with E-state index in [0.29, 0.717) is 18.0 Å². The molecule has 0 aliphatic carbocycles. The summed E-state index contributed by atoms with van der Waals surface area (Å²) in [6.07, 6.45) is 0. The quantitative estimate of drug-likeness (QED) is 0.609. The highest BCUT2D eigenvalue weighted by molar-refractivity contribution is 7.89. The van der Waals surface area contributed by atoms with Crippen LogP contribution < -0.4 is 14.8 Å². The summed E-state index contributed by atoms with van der Waals surface area (Å²) in [5.41, 5.74) is 0.332. The number of carbonyl (C=O) groups excluding carboxylic acids is 2. The molecule has 10 heteroatoms. The number of halogens is 1. The van der Waals surface area contributed by atoms with Crippen molar-refractivity contribution >= 4 is 27.6 Å². The molecule has 0 saturated heterocycles. The number of carbonyl (C=O) groups is 2. The van der Waals surface area contributed by atoms with Gasteiger partial charge in [0.2, 0.25) is 10.0 Å². The van der Waals surface area contributed by atoms with Gasteiger partial charge in [-0.3, -0.25) is 9.59 Å². The van der Waals surface area contributed by atoms with Gasteiger partial charge in [0, 0.05) is 5.69 Å². The topological polar surface area (TPSA) is 111 Å². The zero-order valence-electron chi connectivity index (χ0n) is 15.0. The first kappa shape index (κ1) is 21.3. The molecule has 150 valence electrons. The van der Waals surface area contributed by atoms with Crippen LogP contribution in [0, 0.1) is 5.82 Å². The van der Waals surface area contributed by atoms with Crippen LogP contribution in [0.3, 0.4) is 0 Å². The van der Waals surface area contributed by atoms with E-state index in [0.717, 1.165) is 12.1 Å². The monoisotopic (exact) mass is 410 g/mol. The lowest BCUT2D eigenvalue weighted by atomic mass is 10.3. The smallest absolute Gasteiger partial charge is 0.321 e. The van der Waals surface area contributed by atoms with Gasteiger partial charge >= 0.3 is 5.97 Å². The van der Waals surface area contributed by atoms with Crippen LogP contribution in [0.5, 0.6) is 5.75 Å². The van der Waals surface area contributed by atoms with Gasteiger partial charge < -0.3 is 14.8 Å². The number of rotatable bonds is 9. The number of amides is 1. The van der Waals surface area contributed by atoms with Gasteiger partial charge in [0.15, 0.2) is 6.61 Å². The van der Waals surface area contributed by atoms with Gasteiger partial charge in [-0.15, -0.1) is 0 Å². The predicted molar refractivity (Wildman–Crippen MR) is 98.8 cm³/mol. The predicted octanol–water partition coefficient (Wildman–Crippen LogP) is 1.68. The summed E-state index contributed by atoms with van der Waals surface area (Å²) in [6, 6.07) is 10.7. The van der Waals surface area contributed by atoms with Crippen molar-refractivity contribution in [1.82, 2.24) is 4.72 Å². The molecule has 2 aromatic rings. The third-order valence-electron chi connectivity index (χ3n) is 3.34. The van der Waals surface area contributed by atoms with Gasteiger partial charge in [0.25, 0.3) is 5.91 Å². The number of sulfonamides is 1. The third kappa shape index (κ3) is 6.63. The van der Waals surface area contributed by atoms with E-state index < -0.39 is 40.9 Å². The van der Waals surface area contributed by atoms with E-state index in [1.54, 1.807) is 6.92 Å². The van der Waals surface area contributed by atoms with Crippen molar-refractivity contribution in [3.05, 3.63) is 54.3 Å². The molecular formula is C18H19FN2O6S. The second kappa shape index (κ2) is 9.81. The Morgan fingerprint density at radius 2 is 1.68 bits per heavy atom. The van der Waals surface area contributed by atoms with E-state index in [2.05, 4.69) is 10.0 Å². The van der Waals surface area contributed by atoms with E-state index in [1.807, 2.05) is 0 Å². The van der Waals surface area contributed by atoms with Crippen molar-refractivity contribution in [2.45, 2.75) is 11.8 Å². The molecule has 2 aromatic carbocycles. The van der Waals surface area contributed by atoms with Gasteiger partial charge in [0.05, 0.1) is 11.5 Å². The first-order valence-corrected chi connectivity index (χ1v) is 9.72. The molecule has 2 rings (SSSR count). The van der Waals surface area contributed by atoms with Gasteiger partial charge in [0.1, 0.15) is 18.1 Å². The Balaban J connectivity index is 1.79. The molecule has 0 atom stereocenters. The SMILES string of the molecule is CCOc1ccc(S(=O)(=O)NCC(=O)OCC(=O)Nc2ccc(F)cc2)cc1. The van der Waals surface area contributed by atoms with Gasteiger partial charge in [-0.2, -0.15) is 4.72 Å². The average Bonchev–Trinajstić information content (AvgIpc) is 2.67. The lowest BCUT2D eigenvalue weighted by Gasteiger charge is -2.09. The number of hydrogen-bond donors (Lipinski definition) is 2. The minimum Gasteiger partial charge on any atom is -0.494 e. The maximum Gasteiger partial charge on any atom is 0.321 e. The van der Waals surface area contributed by atoms with Crippen LogP contribution in [0.2, 0.25) is 0 Å². The maximum atomic E-state index is 12.8. The molecule has 2 N–H and O–H groups in total. The highest BCUT2D eigenvalue weighted by atomic mass is 32.2. The lowest BCUT2D eigenvalue weighted by molar-refractivity contribution is -0.146. The van der Waals surface area contributed by atoms with Crippen LogP contribution in [0.15, 0.2) is 53.4 Å². The van der Waals surface area contributed by atoms with Crippen LogP contribution in [0.25, 0.3) is 0 Å². The third-order valence-corrected chi connectivity index (χ3v) is 4.76. The van der Waals surface area contributed by atoms with Gasteiger partial charge in [-0.1, -0.05) is 0 Å². The number of esters is 1. The molecule has 1 amide bonds. The fraction of sp³-hybridized carbons (Fsp3) is 0.222. The molecule has 8 nitrogen and oxygen atoms in total. The van der Waals surface area contributed by atoms with Gasteiger partial charge in [-0.25, -0.2) is 12.8 Å². The number of ether oxygens (including phenoxy) is 2. The van der Waals surface area contributed by atoms with Crippen LogP contribution >= 0.6 is 0 Å². The Labute approximate surface area is 161 Å². The highest BCUT2D eigenvalue weighted by Crippen LogP contribution is 2.15. The molecule has 0 bridgehead atoms. The Bertz CT molecular complexity index is 914. The standard InChI is InChI=1S/C18H19FN2O6S/c1-2-26-15-7-9-16(10-8-15)28(24,25)20-11-18(23)27-12-17(22)21-14-5-3-13(19)4-6-14/h3-10,20H,2,11-12H2,1H3,(H,21,22). The van der Waals surface area contributed by atoms with Crippen molar-refractivity contribution in [1.29, 1.82) is 0 Å². The second-order valence-corrected chi connectivity index (χ2v) is 7.21. The first-order chi connectivity index (χ1) is 13.3. The molecule has 0 aromatic heterocycles. The summed E-state index contributed by atoms with van der Waals surface area (Å²) in [4.78, 5) is 23.3. The molecular weight excluding hydrogens is 391 g/mol. The number of hydrogen-bond acceptors (Lipinski definition) is 6. The van der Waals surface area contributed by atoms with Crippen molar-refractivity contribution in [2.75, 3.05) is 25.1 Å². The maximum absolute atomic E-state index is 12.8. The van der Waals surface area contributed by atoms with E-state index in [4.69, 9.17) is 9.47 Å². The lowest BCUT2D eigenvalue weighted by Crippen LogP contribution is -2.32. The van der Waals surface area contributed by atoms with Crippen molar-refractivity contribution < 1.29 is 31.9 Å². The van der Waals surface area contributed by atoms with Crippen LogP contribution in [-0.4, -0.2) is 40.1 Å². The second-order valence-electron chi connectivity index (χ2n) is 5.44. The van der Waals surface area contributed by atoms with Crippen LogP contribution in [0.4, 0.5) is 10.1 Å². The fourth-order valence-electron chi connectivity index (χ4n) is 2.05. The Morgan fingerprint density at radius 1 is 1.04 bits per heavy atom. The minimum absolute atomic E-state index is 0.0437. The average molecular weight is 410 g/mol. The van der Waals surface area contributed by atoms with Crippen LogP contribution in [-0.2, 0) is 24.3 Å². The zero-order valence-corrected chi connectivity index (χ0v) is 15.8. The molecule has 0 saturated carbocycles. The Morgan fingerprint density at radius 3 is 2.29 bits per heavy atom. The zero-order chi connectivity index (χ0) is 20.6. The summed E-state index contributed by atoms with van der Waals surface area (Å²) >= 11 is 0. The number of anilines is 1. The molecule has 0 aliphatic heterocycles. The normalized spacial score (nSPS) is 10.9. The molecule has 0 radical (unpaired) electrons. The van der Waals surface area contributed by atoms with E-state index in [9.17, 15) is 22.4 Å². The molecule has 0 heterocycles. The molecule has 0 fully saturated rings. The molecule has 0 spiro atoms. The fourth-order valence-corrected chi connectivity index (χ4v) is 3.02. The van der Waals surface area contributed by atoms with E-state index in [-0.39, 0.29) is 4.90 Å². The summed E-state index contributed by atoms with van der Waals surface area (Å²) in [5, 5.41) is 2.40. The number of benzene rings is 2. The molecule has 0 unspecified atom stereocenters. The Hall–Kier alpha value is -2.98. The highest BCUT2D eigenvalue weighted by Gasteiger charge is 2.17. The van der Waals surface area contributed by atoms with Gasteiger partial charge in [-0.05, 0) is 55.5 Å². The number of nitrogens with one attached hydrogen (secondary N) is 2. The van der Waals surface area contributed by atoms with E-state index in [1.165, 1.54) is 36.4 Å². The largest absolute Gasteiger partial charge is 0.494 e. The Kier molecular flexibility index (Phi) is 7.47. The van der Waals surface area contributed by atoms with E-state index >= 15 is 0 Å². The molecule has 28 heavy (non-hydrogen) atoms. The summed E-state index contributed by atoms with van der Waals surface area (Å²) in [5.74, 6) is -1.50. The van der Waals surface area contributed by atoms with Crippen molar-refractivity contribution in [2.24, 2.45) is 0 Å². The molecule has 0 aliphatic rings. The van der Waals surface area contributed by atoms with Crippen LogP contribution in [0.1, 0.15) is 6.92 Å². The van der Waals surface area contributed by atoms with Crippen molar-refractivity contribution in [3.8, 4) is 5.75 Å². The van der Waals surface area contributed by atoms with Crippen molar-refractivity contribution in [3.63, 3.8) is 0 Å². The summed E-state index contributed by atoms with van der Waals surface area (Å²) < 4.78 is 49.1. The minimum atomic E-state index is -3.92. The first-order valence-electron chi connectivity index (χ1n) is 8.23. The summed E-state index contributed by atoms with van der Waals surface area (Å²) in [7, 11) is -3.92.